The van der Waals surface area contributed by atoms with Gasteiger partial charge in [-0.05, 0) is 31.2 Å². The third-order valence-corrected chi connectivity index (χ3v) is 5.89. The molecule has 2 heterocycles. The number of thiazole rings is 1. The van der Waals surface area contributed by atoms with Crippen molar-refractivity contribution in [1.82, 2.24) is 14.5 Å². The zero-order valence-electron chi connectivity index (χ0n) is 14.8. The Kier molecular flexibility index (Phi) is 5.22. The highest BCUT2D eigenvalue weighted by atomic mass is 32.2. The fourth-order valence-corrected chi connectivity index (χ4v) is 4.54. The quantitative estimate of drug-likeness (QED) is 0.372. The summed E-state index contributed by atoms with van der Waals surface area (Å²) < 4.78 is 1.72. The van der Waals surface area contributed by atoms with E-state index in [1.807, 2.05) is 66.9 Å². The van der Waals surface area contributed by atoms with E-state index >= 15 is 0 Å². The standard InChI is InChI=1S/C20H18N4OS2/c1-2-24-18(25)16-10-6-7-11-17(16)23-20(24)27-13-15-12-26-19(22-15)21-14-8-4-3-5-9-14/h3-12H,2,13H2,1H3,(H,21,22). The third kappa shape index (κ3) is 3.89. The Hall–Kier alpha value is -2.64. The van der Waals surface area contributed by atoms with Crippen LogP contribution in [0.2, 0.25) is 0 Å². The topological polar surface area (TPSA) is 59.8 Å². The van der Waals surface area contributed by atoms with Gasteiger partial charge in [0.2, 0.25) is 0 Å². The van der Waals surface area contributed by atoms with E-state index in [1.165, 1.54) is 0 Å². The predicted octanol–water partition coefficient (Wildman–Crippen LogP) is 4.91. The summed E-state index contributed by atoms with van der Waals surface area (Å²) in [5.74, 6) is 0.664. The molecule has 5 nitrogen and oxygen atoms in total. The molecular formula is C20H18N4OS2. The van der Waals surface area contributed by atoms with Crippen LogP contribution >= 0.6 is 23.1 Å². The Bertz CT molecular complexity index is 1120. The molecule has 1 N–H and O–H groups in total. The van der Waals surface area contributed by atoms with Crippen LogP contribution < -0.4 is 10.9 Å². The third-order valence-electron chi connectivity index (χ3n) is 4.07. The Morgan fingerprint density at radius 2 is 1.85 bits per heavy atom. The molecule has 136 valence electrons. The van der Waals surface area contributed by atoms with E-state index in [1.54, 1.807) is 27.7 Å². The maximum atomic E-state index is 12.7. The molecule has 0 atom stereocenters. The van der Waals surface area contributed by atoms with Crippen molar-refractivity contribution in [3.8, 4) is 0 Å². The highest BCUT2D eigenvalue weighted by molar-refractivity contribution is 7.98. The van der Waals surface area contributed by atoms with Crippen LogP contribution in [0, 0.1) is 0 Å². The molecule has 0 saturated carbocycles. The molecule has 0 saturated heterocycles. The number of anilines is 2. The molecule has 0 bridgehead atoms. The van der Waals surface area contributed by atoms with Crippen molar-refractivity contribution in [3.05, 3.63) is 76.0 Å². The molecule has 4 aromatic rings. The van der Waals surface area contributed by atoms with Gasteiger partial charge in [-0.15, -0.1) is 11.3 Å². The number of hydrogen-bond acceptors (Lipinski definition) is 6. The SMILES string of the molecule is CCn1c(SCc2csc(Nc3ccccc3)n2)nc2ccccc2c1=O. The lowest BCUT2D eigenvalue weighted by atomic mass is 10.2. The molecule has 0 spiro atoms. The largest absolute Gasteiger partial charge is 0.332 e. The van der Waals surface area contributed by atoms with Gasteiger partial charge in [0, 0.05) is 23.4 Å². The summed E-state index contributed by atoms with van der Waals surface area (Å²) in [6, 6.07) is 17.5. The number of thioether (sulfide) groups is 1. The van der Waals surface area contributed by atoms with Crippen molar-refractivity contribution in [3.63, 3.8) is 0 Å². The van der Waals surface area contributed by atoms with Crippen molar-refractivity contribution >= 4 is 44.8 Å². The normalized spacial score (nSPS) is 11.0. The van der Waals surface area contributed by atoms with Crippen molar-refractivity contribution in [2.24, 2.45) is 0 Å². The van der Waals surface area contributed by atoms with E-state index in [0.717, 1.165) is 27.2 Å². The van der Waals surface area contributed by atoms with Gasteiger partial charge in [0.25, 0.3) is 5.56 Å². The minimum atomic E-state index is 0.00955. The first-order valence-corrected chi connectivity index (χ1v) is 10.5. The lowest BCUT2D eigenvalue weighted by Crippen LogP contribution is -2.22. The number of para-hydroxylation sites is 2. The van der Waals surface area contributed by atoms with Gasteiger partial charge in [0.1, 0.15) is 0 Å². The molecule has 0 aliphatic carbocycles. The Balaban J connectivity index is 1.53. The average Bonchev–Trinajstić information content (AvgIpc) is 3.14. The minimum absolute atomic E-state index is 0.00955. The van der Waals surface area contributed by atoms with E-state index in [0.29, 0.717) is 17.7 Å². The second-order valence-electron chi connectivity index (χ2n) is 5.88. The van der Waals surface area contributed by atoms with Crippen LogP contribution in [0.15, 0.2) is 69.9 Å². The van der Waals surface area contributed by atoms with E-state index in [2.05, 4.69) is 15.3 Å². The van der Waals surface area contributed by atoms with Crippen LogP contribution in [0.3, 0.4) is 0 Å². The second-order valence-corrected chi connectivity index (χ2v) is 7.69. The highest BCUT2D eigenvalue weighted by Gasteiger charge is 2.11. The first kappa shape index (κ1) is 17.8. The maximum Gasteiger partial charge on any atom is 0.262 e. The van der Waals surface area contributed by atoms with E-state index in [-0.39, 0.29) is 5.56 Å². The van der Waals surface area contributed by atoms with Crippen LogP contribution in [-0.4, -0.2) is 14.5 Å². The van der Waals surface area contributed by atoms with Crippen LogP contribution in [-0.2, 0) is 12.3 Å². The summed E-state index contributed by atoms with van der Waals surface area (Å²) in [6.07, 6.45) is 0. The molecule has 0 fully saturated rings. The molecular weight excluding hydrogens is 376 g/mol. The van der Waals surface area contributed by atoms with Gasteiger partial charge in [-0.1, -0.05) is 42.1 Å². The number of benzene rings is 2. The zero-order valence-corrected chi connectivity index (χ0v) is 16.4. The molecule has 0 radical (unpaired) electrons. The van der Waals surface area contributed by atoms with E-state index < -0.39 is 0 Å². The first-order valence-electron chi connectivity index (χ1n) is 8.63. The molecule has 2 aromatic carbocycles. The van der Waals surface area contributed by atoms with Gasteiger partial charge in [-0.3, -0.25) is 9.36 Å². The van der Waals surface area contributed by atoms with Gasteiger partial charge >= 0.3 is 0 Å². The fraction of sp³-hybridized carbons (Fsp3) is 0.150. The molecule has 27 heavy (non-hydrogen) atoms. The van der Waals surface area contributed by atoms with Crippen LogP contribution in [0.1, 0.15) is 12.6 Å². The van der Waals surface area contributed by atoms with Crippen molar-refractivity contribution < 1.29 is 0 Å². The van der Waals surface area contributed by atoms with Crippen molar-refractivity contribution in [2.45, 2.75) is 24.4 Å². The van der Waals surface area contributed by atoms with E-state index in [9.17, 15) is 4.79 Å². The van der Waals surface area contributed by atoms with Gasteiger partial charge in [-0.25, -0.2) is 9.97 Å². The summed E-state index contributed by atoms with van der Waals surface area (Å²) in [4.78, 5) is 22.0. The molecule has 0 unspecified atom stereocenters. The first-order chi connectivity index (χ1) is 13.2. The van der Waals surface area contributed by atoms with Gasteiger partial charge < -0.3 is 5.32 Å². The lowest BCUT2D eigenvalue weighted by molar-refractivity contribution is 0.634. The lowest BCUT2D eigenvalue weighted by Gasteiger charge is -2.10. The number of aromatic nitrogens is 3. The van der Waals surface area contributed by atoms with Gasteiger partial charge in [0.15, 0.2) is 10.3 Å². The molecule has 0 aliphatic rings. The maximum absolute atomic E-state index is 12.7. The van der Waals surface area contributed by atoms with Crippen molar-refractivity contribution in [2.75, 3.05) is 5.32 Å². The summed E-state index contributed by atoms with van der Waals surface area (Å²) in [7, 11) is 0. The van der Waals surface area contributed by atoms with Crippen molar-refractivity contribution in [1.29, 1.82) is 0 Å². The predicted molar refractivity (Wildman–Crippen MR) is 113 cm³/mol. The van der Waals surface area contributed by atoms with Gasteiger partial charge in [0.05, 0.1) is 16.6 Å². The Morgan fingerprint density at radius 1 is 1.07 bits per heavy atom. The number of hydrogen-bond donors (Lipinski definition) is 1. The highest BCUT2D eigenvalue weighted by Crippen LogP contribution is 2.26. The van der Waals surface area contributed by atoms with Crippen LogP contribution in [0.5, 0.6) is 0 Å². The molecule has 0 amide bonds. The van der Waals surface area contributed by atoms with Crippen LogP contribution in [0.25, 0.3) is 10.9 Å². The smallest absolute Gasteiger partial charge is 0.262 e. The minimum Gasteiger partial charge on any atom is -0.332 e. The number of nitrogens with one attached hydrogen (secondary N) is 1. The summed E-state index contributed by atoms with van der Waals surface area (Å²) in [5.41, 5.74) is 2.73. The number of nitrogens with zero attached hydrogens (tertiary/aromatic N) is 3. The molecule has 0 aliphatic heterocycles. The monoisotopic (exact) mass is 394 g/mol. The Morgan fingerprint density at radius 3 is 2.67 bits per heavy atom. The second kappa shape index (κ2) is 7.94. The van der Waals surface area contributed by atoms with Gasteiger partial charge in [-0.2, -0.15) is 0 Å². The number of rotatable bonds is 6. The molecule has 2 aromatic heterocycles. The van der Waals surface area contributed by atoms with E-state index in [4.69, 9.17) is 0 Å². The summed E-state index contributed by atoms with van der Waals surface area (Å²) in [5, 5.41) is 7.59. The summed E-state index contributed by atoms with van der Waals surface area (Å²) >= 11 is 3.11. The zero-order chi connectivity index (χ0) is 18.6. The molecule has 4 rings (SSSR count). The summed E-state index contributed by atoms with van der Waals surface area (Å²) in [6.45, 7) is 2.56. The average molecular weight is 395 g/mol. The van der Waals surface area contributed by atoms with Crippen LogP contribution in [0.4, 0.5) is 10.8 Å². The fourth-order valence-electron chi connectivity index (χ4n) is 2.75. The number of fused-ring (bicyclic) bond motifs is 1. The molecule has 7 heteroatoms. The Labute approximate surface area is 165 Å².